The van der Waals surface area contributed by atoms with E-state index in [9.17, 15) is 0 Å². The van der Waals surface area contributed by atoms with Crippen molar-refractivity contribution in [1.29, 1.82) is 0 Å². The normalized spacial score (nSPS) is 21.5. The zero-order valence-electron chi connectivity index (χ0n) is 15.4. The van der Waals surface area contributed by atoms with Crippen molar-refractivity contribution >= 4 is 5.82 Å². The van der Waals surface area contributed by atoms with Crippen LogP contribution in [-0.4, -0.2) is 49.8 Å². The molecule has 2 aromatic heterocycles. The highest BCUT2D eigenvalue weighted by molar-refractivity contribution is 5.41. The van der Waals surface area contributed by atoms with Crippen molar-refractivity contribution in [2.24, 2.45) is 0 Å². The largest absolute Gasteiger partial charge is 0.350 e. The van der Waals surface area contributed by atoms with Crippen molar-refractivity contribution in [2.45, 2.75) is 70.1 Å². The molecular formula is C20H28N6. The summed E-state index contributed by atoms with van der Waals surface area (Å²) in [5, 5.41) is 4.60. The molecule has 1 saturated carbocycles. The van der Waals surface area contributed by atoms with Crippen LogP contribution in [0.3, 0.4) is 0 Å². The maximum Gasteiger partial charge on any atom is 0.132 e. The zero-order valence-corrected chi connectivity index (χ0v) is 15.4. The fraction of sp³-hybridized carbons (Fsp3) is 0.650. The summed E-state index contributed by atoms with van der Waals surface area (Å²) in [6.07, 6.45) is 14.5. The molecule has 0 aromatic carbocycles. The monoisotopic (exact) mass is 352 g/mol. The Labute approximate surface area is 155 Å². The molecule has 138 valence electrons. The van der Waals surface area contributed by atoms with E-state index < -0.39 is 0 Å². The smallest absolute Gasteiger partial charge is 0.132 e. The second kappa shape index (κ2) is 6.99. The van der Waals surface area contributed by atoms with Crippen LogP contribution in [0.2, 0.25) is 0 Å². The number of hydrogen-bond acceptors (Lipinski definition) is 5. The summed E-state index contributed by atoms with van der Waals surface area (Å²) in [7, 11) is 0. The third kappa shape index (κ3) is 3.22. The Kier molecular flexibility index (Phi) is 4.36. The van der Waals surface area contributed by atoms with Crippen molar-refractivity contribution < 1.29 is 0 Å². The van der Waals surface area contributed by atoms with Crippen LogP contribution < -0.4 is 4.90 Å². The first-order valence-corrected chi connectivity index (χ1v) is 10.2. The fourth-order valence-electron chi connectivity index (χ4n) is 4.68. The van der Waals surface area contributed by atoms with Gasteiger partial charge in [-0.2, -0.15) is 5.10 Å². The standard InChI is InChI=1S/C20H28N6/c1-2-10-25-19(3-1)16(13-23-25)14-24-11-7-18(8-12-24)26(17-4-5-17)20-6-9-21-15-22-20/h6,9,13,15,17-18H,1-5,7-8,10-12,14H2. The number of nitrogens with zero attached hydrogens (tertiary/aromatic N) is 6. The van der Waals surface area contributed by atoms with Gasteiger partial charge in [0.2, 0.25) is 0 Å². The highest BCUT2D eigenvalue weighted by atomic mass is 15.3. The van der Waals surface area contributed by atoms with Crippen LogP contribution in [-0.2, 0) is 19.5 Å². The number of fused-ring (bicyclic) bond motifs is 1. The van der Waals surface area contributed by atoms with Crippen molar-refractivity contribution in [3.63, 3.8) is 0 Å². The van der Waals surface area contributed by atoms with Gasteiger partial charge in [-0.25, -0.2) is 9.97 Å². The number of likely N-dealkylation sites (tertiary alicyclic amines) is 1. The SMILES string of the molecule is c1cc(N(C2CC2)C2CCN(Cc3cnn4c3CCCC4)CC2)ncn1. The van der Waals surface area contributed by atoms with Crippen molar-refractivity contribution in [3.05, 3.63) is 36.0 Å². The molecule has 0 unspecified atom stereocenters. The molecule has 4 heterocycles. The number of aromatic nitrogens is 4. The third-order valence-electron chi connectivity index (χ3n) is 6.18. The third-order valence-corrected chi connectivity index (χ3v) is 6.18. The first-order valence-electron chi connectivity index (χ1n) is 10.2. The van der Waals surface area contributed by atoms with Gasteiger partial charge in [0.25, 0.3) is 0 Å². The average molecular weight is 352 g/mol. The van der Waals surface area contributed by atoms with Gasteiger partial charge in [0, 0.05) is 55.7 Å². The van der Waals surface area contributed by atoms with Gasteiger partial charge in [-0.3, -0.25) is 9.58 Å². The van der Waals surface area contributed by atoms with Crippen LogP contribution in [0.4, 0.5) is 5.82 Å². The molecule has 0 atom stereocenters. The number of rotatable bonds is 5. The minimum Gasteiger partial charge on any atom is -0.350 e. The summed E-state index contributed by atoms with van der Waals surface area (Å²) in [6, 6.07) is 3.39. The second-order valence-corrected chi connectivity index (χ2v) is 8.01. The highest BCUT2D eigenvalue weighted by Crippen LogP contribution is 2.35. The van der Waals surface area contributed by atoms with Gasteiger partial charge in [-0.15, -0.1) is 0 Å². The van der Waals surface area contributed by atoms with E-state index in [1.165, 1.54) is 69.3 Å². The van der Waals surface area contributed by atoms with E-state index in [2.05, 4.69) is 41.8 Å². The van der Waals surface area contributed by atoms with E-state index in [4.69, 9.17) is 0 Å². The molecule has 26 heavy (non-hydrogen) atoms. The van der Waals surface area contributed by atoms with Crippen molar-refractivity contribution in [1.82, 2.24) is 24.6 Å². The van der Waals surface area contributed by atoms with Crippen LogP contribution in [0.5, 0.6) is 0 Å². The Morgan fingerprint density at radius 3 is 2.65 bits per heavy atom. The van der Waals surface area contributed by atoms with Gasteiger partial charge < -0.3 is 4.90 Å². The molecule has 2 aromatic rings. The van der Waals surface area contributed by atoms with Gasteiger partial charge >= 0.3 is 0 Å². The maximum atomic E-state index is 4.60. The summed E-state index contributed by atoms with van der Waals surface area (Å²) in [5.74, 6) is 1.12. The molecule has 1 aliphatic carbocycles. The number of aryl methyl sites for hydroxylation is 1. The second-order valence-electron chi connectivity index (χ2n) is 8.01. The first kappa shape index (κ1) is 16.2. The van der Waals surface area contributed by atoms with Crippen LogP contribution in [0.1, 0.15) is 49.8 Å². The predicted molar refractivity (Wildman–Crippen MR) is 101 cm³/mol. The van der Waals surface area contributed by atoms with E-state index >= 15 is 0 Å². The van der Waals surface area contributed by atoms with Gasteiger partial charge in [0.1, 0.15) is 12.1 Å². The quantitative estimate of drug-likeness (QED) is 0.828. The molecular weight excluding hydrogens is 324 g/mol. The molecule has 0 N–H and O–H groups in total. The van der Waals surface area contributed by atoms with Crippen molar-refractivity contribution in [2.75, 3.05) is 18.0 Å². The van der Waals surface area contributed by atoms with E-state index in [0.717, 1.165) is 18.9 Å². The van der Waals surface area contributed by atoms with Gasteiger partial charge in [0.15, 0.2) is 0 Å². The van der Waals surface area contributed by atoms with Crippen LogP contribution in [0.15, 0.2) is 24.8 Å². The molecule has 0 bridgehead atoms. The topological polar surface area (TPSA) is 50.1 Å². The van der Waals surface area contributed by atoms with E-state index in [-0.39, 0.29) is 0 Å². The summed E-state index contributed by atoms with van der Waals surface area (Å²) in [6.45, 7) is 4.51. The minimum atomic E-state index is 0.620. The Morgan fingerprint density at radius 2 is 1.88 bits per heavy atom. The van der Waals surface area contributed by atoms with Crippen LogP contribution >= 0.6 is 0 Å². The lowest BCUT2D eigenvalue weighted by Gasteiger charge is -2.39. The predicted octanol–water partition coefficient (Wildman–Crippen LogP) is 2.64. The summed E-state index contributed by atoms with van der Waals surface area (Å²) < 4.78 is 2.23. The van der Waals surface area contributed by atoms with E-state index in [1.807, 2.05) is 6.20 Å². The Morgan fingerprint density at radius 1 is 1.04 bits per heavy atom. The highest BCUT2D eigenvalue weighted by Gasteiger charge is 2.36. The summed E-state index contributed by atoms with van der Waals surface area (Å²) in [5.41, 5.74) is 2.94. The molecule has 0 amide bonds. The van der Waals surface area contributed by atoms with Gasteiger partial charge in [0.05, 0.1) is 6.20 Å². The van der Waals surface area contributed by atoms with Crippen LogP contribution in [0, 0.1) is 0 Å². The van der Waals surface area contributed by atoms with E-state index in [0.29, 0.717) is 12.1 Å². The fourth-order valence-corrected chi connectivity index (χ4v) is 4.68. The molecule has 5 rings (SSSR count). The Hall–Kier alpha value is -1.95. The lowest BCUT2D eigenvalue weighted by Crippen LogP contribution is -2.46. The molecule has 3 aliphatic rings. The number of hydrogen-bond donors (Lipinski definition) is 0. The number of anilines is 1. The van der Waals surface area contributed by atoms with E-state index in [1.54, 1.807) is 6.33 Å². The zero-order chi connectivity index (χ0) is 17.3. The molecule has 0 radical (unpaired) electrons. The van der Waals surface area contributed by atoms with Gasteiger partial charge in [-0.05, 0) is 51.0 Å². The molecule has 1 saturated heterocycles. The maximum absolute atomic E-state index is 4.60. The Balaban J connectivity index is 1.23. The average Bonchev–Trinajstić information content (AvgIpc) is 3.45. The minimum absolute atomic E-state index is 0.620. The molecule has 0 spiro atoms. The molecule has 2 aliphatic heterocycles. The molecule has 6 nitrogen and oxygen atoms in total. The number of piperidine rings is 1. The first-order chi connectivity index (χ1) is 12.9. The summed E-state index contributed by atoms with van der Waals surface area (Å²) in [4.78, 5) is 13.8. The van der Waals surface area contributed by atoms with Crippen LogP contribution in [0.25, 0.3) is 0 Å². The molecule has 2 fully saturated rings. The summed E-state index contributed by atoms with van der Waals surface area (Å²) >= 11 is 0. The van der Waals surface area contributed by atoms with Crippen molar-refractivity contribution in [3.8, 4) is 0 Å². The lowest BCUT2D eigenvalue weighted by atomic mass is 10.0. The Bertz CT molecular complexity index is 730. The lowest BCUT2D eigenvalue weighted by molar-refractivity contribution is 0.199. The van der Waals surface area contributed by atoms with Gasteiger partial charge in [-0.1, -0.05) is 0 Å². The molecule has 6 heteroatoms.